The molecular formula is C6H14BN. The van der Waals surface area contributed by atoms with E-state index in [2.05, 4.69) is 13.8 Å². The SMILES string of the molecule is [B]N(C)CC(C)CC. The van der Waals surface area contributed by atoms with Crippen molar-refractivity contribution in [1.29, 1.82) is 0 Å². The smallest absolute Gasteiger partial charge is 0.182 e. The van der Waals surface area contributed by atoms with Crippen LogP contribution in [-0.4, -0.2) is 26.4 Å². The lowest BCUT2D eigenvalue weighted by molar-refractivity contribution is 0.418. The van der Waals surface area contributed by atoms with Crippen molar-refractivity contribution in [2.75, 3.05) is 13.6 Å². The second kappa shape index (κ2) is 3.96. The molecule has 0 aromatic rings. The highest BCUT2D eigenvalue weighted by Gasteiger charge is 1.97. The zero-order chi connectivity index (χ0) is 6.57. The molecule has 1 nitrogen and oxygen atoms in total. The van der Waals surface area contributed by atoms with Crippen molar-refractivity contribution < 1.29 is 0 Å². The minimum absolute atomic E-state index is 0.727. The molecule has 0 amide bonds. The van der Waals surface area contributed by atoms with Crippen LogP contribution < -0.4 is 0 Å². The Balaban J connectivity index is 3.10. The van der Waals surface area contributed by atoms with Crippen LogP contribution >= 0.6 is 0 Å². The molecular weight excluding hydrogens is 96.9 g/mol. The quantitative estimate of drug-likeness (QED) is 0.492. The summed E-state index contributed by atoms with van der Waals surface area (Å²) in [6, 6.07) is 0. The van der Waals surface area contributed by atoms with Crippen LogP contribution in [0.5, 0.6) is 0 Å². The van der Waals surface area contributed by atoms with Gasteiger partial charge in [0.2, 0.25) is 0 Å². The van der Waals surface area contributed by atoms with E-state index in [1.807, 2.05) is 7.05 Å². The number of rotatable bonds is 3. The van der Waals surface area contributed by atoms with Gasteiger partial charge in [-0.05, 0) is 19.5 Å². The van der Waals surface area contributed by atoms with Crippen LogP contribution in [0.1, 0.15) is 20.3 Å². The van der Waals surface area contributed by atoms with Crippen molar-refractivity contribution in [3.05, 3.63) is 0 Å². The van der Waals surface area contributed by atoms with Crippen molar-refractivity contribution in [2.24, 2.45) is 5.92 Å². The van der Waals surface area contributed by atoms with Gasteiger partial charge in [0.15, 0.2) is 7.98 Å². The highest BCUT2D eigenvalue weighted by molar-refractivity contribution is 6.04. The van der Waals surface area contributed by atoms with E-state index in [0.29, 0.717) is 0 Å². The van der Waals surface area contributed by atoms with E-state index in [1.54, 1.807) is 4.81 Å². The predicted octanol–water partition coefficient (Wildman–Crippen LogP) is 1.05. The van der Waals surface area contributed by atoms with Crippen molar-refractivity contribution in [2.45, 2.75) is 20.3 Å². The summed E-state index contributed by atoms with van der Waals surface area (Å²) in [4.78, 5) is 1.73. The van der Waals surface area contributed by atoms with Crippen LogP contribution in [0.25, 0.3) is 0 Å². The van der Waals surface area contributed by atoms with Gasteiger partial charge in [0.25, 0.3) is 0 Å². The Morgan fingerprint density at radius 1 is 1.62 bits per heavy atom. The summed E-state index contributed by atoms with van der Waals surface area (Å²) in [5.41, 5.74) is 0. The largest absolute Gasteiger partial charge is 0.356 e. The van der Waals surface area contributed by atoms with Gasteiger partial charge in [-0.3, -0.25) is 0 Å². The number of hydrogen-bond acceptors (Lipinski definition) is 1. The molecule has 0 aromatic carbocycles. The molecule has 0 saturated carbocycles. The van der Waals surface area contributed by atoms with E-state index in [4.69, 9.17) is 7.98 Å². The van der Waals surface area contributed by atoms with Gasteiger partial charge in [-0.15, -0.1) is 0 Å². The van der Waals surface area contributed by atoms with Crippen LogP contribution in [0, 0.1) is 5.92 Å². The van der Waals surface area contributed by atoms with E-state index in [1.165, 1.54) is 6.42 Å². The normalized spacial score (nSPS) is 14.5. The maximum Gasteiger partial charge on any atom is 0.182 e. The Morgan fingerprint density at radius 2 is 2.12 bits per heavy atom. The standard InChI is InChI=1S/C6H14BN/c1-4-6(2)5-8(3)7/h6H,4-5H2,1-3H3. The summed E-state index contributed by atoms with van der Waals surface area (Å²) in [7, 11) is 7.30. The summed E-state index contributed by atoms with van der Waals surface area (Å²) in [5, 5.41) is 0. The Morgan fingerprint density at radius 3 is 2.25 bits per heavy atom. The maximum atomic E-state index is 5.40. The Kier molecular flexibility index (Phi) is 3.97. The third-order valence-electron chi connectivity index (χ3n) is 1.30. The fourth-order valence-corrected chi connectivity index (χ4v) is 0.621. The fraction of sp³-hybridized carbons (Fsp3) is 1.00. The zero-order valence-electron chi connectivity index (χ0n) is 6.02. The molecule has 0 N–H and O–H groups in total. The van der Waals surface area contributed by atoms with E-state index >= 15 is 0 Å². The van der Waals surface area contributed by atoms with E-state index in [9.17, 15) is 0 Å². The first-order valence-electron chi connectivity index (χ1n) is 3.12. The molecule has 0 aromatic heterocycles. The number of hydrogen-bond donors (Lipinski definition) is 0. The summed E-state index contributed by atoms with van der Waals surface area (Å²) in [5.74, 6) is 0.727. The first-order chi connectivity index (χ1) is 3.66. The molecule has 46 valence electrons. The lowest BCUT2D eigenvalue weighted by Crippen LogP contribution is -2.20. The molecule has 0 aliphatic heterocycles. The van der Waals surface area contributed by atoms with Crippen LogP contribution in [0.4, 0.5) is 0 Å². The summed E-state index contributed by atoms with van der Waals surface area (Å²) >= 11 is 0. The molecule has 8 heavy (non-hydrogen) atoms. The van der Waals surface area contributed by atoms with Gasteiger partial charge in [0.05, 0.1) is 0 Å². The van der Waals surface area contributed by atoms with Gasteiger partial charge in [-0.25, -0.2) is 0 Å². The zero-order valence-corrected chi connectivity index (χ0v) is 6.02. The van der Waals surface area contributed by atoms with Crippen molar-refractivity contribution in [3.8, 4) is 0 Å². The van der Waals surface area contributed by atoms with Crippen molar-refractivity contribution in [3.63, 3.8) is 0 Å². The molecule has 0 fully saturated rings. The monoisotopic (exact) mass is 111 g/mol. The van der Waals surface area contributed by atoms with Crippen LogP contribution in [0.3, 0.4) is 0 Å². The average Bonchev–Trinajstić information content (AvgIpc) is 1.65. The molecule has 0 heterocycles. The molecule has 1 unspecified atom stereocenters. The van der Waals surface area contributed by atoms with Gasteiger partial charge in [0, 0.05) is 0 Å². The Hall–Kier alpha value is 0.0249. The van der Waals surface area contributed by atoms with E-state index in [-0.39, 0.29) is 0 Å². The summed E-state index contributed by atoms with van der Waals surface area (Å²) < 4.78 is 0. The fourth-order valence-electron chi connectivity index (χ4n) is 0.621. The highest BCUT2D eigenvalue weighted by Crippen LogP contribution is 1.99. The first-order valence-corrected chi connectivity index (χ1v) is 3.12. The second-order valence-corrected chi connectivity index (χ2v) is 2.45. The first kappa shape index (κ1) is 8.02. The maximum absolute atomic E-state index is 5.40. The Bertz CT molecular complexity index is 54.5. The number of nitrogens with zero attached hydrogens (tertiary/aromatic N) is 1. The molecule has 0 spiro atoms. The molecule has 1 atom stereocenters. The summed E-state index contributed by atoms with van der Waals surface area (Å²) in [6.45, 7) is 5.37. The minimum Gasteiger partial charge on any atom is -0.356 e. The molecule has 0 saturated heterocycles. The highest BCUT2D eigenvalue weighted by atomic mass is 15.0. The predicted molar refractivity (Wildman–Crippen MR) is 37.8 cm³/mol. The minimum atomic E-state index is 0.727. The molecule has 2 heteroatoms. The van der Waals surface area contributed by atoms with Gasteiger partial charge in [0.1, 0.15) is 0 Å². The summed E-state index contributed by atoms with van der Waals surface area (Å²) in [6.07, 6.45) is 1.21. The molecule has 0 rings (SSSR count). The lowest BCUT2D eigenvalue weighted by atomic mass is 10.1. The molecule has 2 radical (unpaired) electrons. The molecule has 0 aliphatic rings. The van der Waals surface area contributed by atoms with Gasteiger partial charge in [-0.2, -0.15) is 0 Å². The topological polar surface area (TPSA) is 3.24 Å². The average molecular weight is 111 g/mol. The van der Waals surface area contributed by atoms with Crippen LogP contribution in [-0.2, 0) is 0 Å². The van der Waals surface area contributed by atoms with Gasteiger partial charge < -0.3 is 4.81 Å². The van der Waals surface area contributed by atoms with Crippen molar-refractivity contribution >= 4 is 7.98 Å². The third-order valence-corrected chi connectivity index (χ3v) is 1.30. The third kappa shape index (κ3) is 4.19. The van der Waals surface area contributed by atoms with Gasteiger partial charge in [-0.1, -0.05) is 20.3 Å². The van der Waals surface area contributed by atoms with E-state index in [0.717, 1.165) is 12.5 Å². The van der Waals surface area contributed by atoms with Crippen LogP contribution in [0.2, 0.25) is 0 Å². The second-order valence-electron chi connectivity index (χ2n) is 2.45. The molecule has 0 bridgehead atoms. The van der Waals surface area contributed by atoms with Gasteiger partial charge >= 0.3 is 0 Å². The molecule has 0 aliphatic carbocycles. The van der Waals surface area contributed by atoms with E-state index < -0.39 is 0 Å². The van der Waals surface area contributed by atoms with Crippen molar-refractivity contribution in [1.82, 2.24) is 4.81 Å². The Labute approximate surface area is 53.5 Å². The lowest BCUT2D eigenvalue weighted by Gasteiger charge is -2.14. The van der Waals surface area contributed by atoms with Crippen LogP contribution in [0.15, 0.2) is 0 Å².